The first-order chi connectivity index (χ1) is 9.33. The van der Waals surface area contributed by atoms with Crippen LogP contribution >= 0.6 is 0 Å². The van der Waals surface area contributed by atoms with Gasteiger partial charge in [0.15, 0.2) is 0 Å². The fraction of sp³-hybridized carbons (Fsp3) is 0.250. The molecule has 19 heavy (non-hydrogen) atoms. The predicted octanol–water partition coefficient (Wildman–Crippen LogP) is 4.52. The van der Waals surface area contributed by atoms with Crippen LogP contribution in [-0.4, -0.2) is 6.98 Å². The molecule has 2 aromatic rings. The Kier molecular flexibility index (Phi) is 3.20. The summed E-state index contributed by atoms with van der Waals surface area (Å²) in [6.45, 7) is 6.43. The summed E-state index contributed by atoms with van der Waals surface area (Å²) < 4.78 is 0. The van der Waals surface area contributed by atoms with Gasteiger partial charge in [0.1, 0.15) is 0 Å². The third-order valence-electron chi connectivity index (χ3n) is 3.88. The highest BCUT2D eigenvalue weighted by atomic mass is 15.0. The van der Waals surface area contributed by atoms with Crippen molar-refractivity contribution in [3.8, 4) is 0 Å². The van der Waals surface area contributed by atoms with E-state index in [1.54, 1.807) is 0 Å². The molecule has 1 aliphatic heterocycles. The molecule has 0 saturated carbocycles. The first-order valence-electron chi connectivity index (χ1n) is 7.01. The zero-order valence-electron chi connectivity index (χ0n) is 11.3. The van der Waals surface area contributed by atoms with Gasteiger partial charge in [0.2, 0.25) is 0 Å². The molecule has 2 N–H and O–H groups in total. The molecule has 0 fully saturated rings. The molecule has 1 heterocycles. The average Bonchev–Trinajstić information content (AvgIpc) is 2.45. The number of benzene rings is 2. The monoisotopic (exact) mass is 250 g/mol. The van der Waals surface area contributed by atoms with Gasteiger partial charge in [-0.1, -0.05) is 43.7 Å². The molecular weight excluding hydrogens is 231 g/mol. The summed E-state index contributed by atoms with van der Waals surface area (Å²) in [6.07, 6.45) is 4.37. The minimum Gasteiger partial charge on any atom is -0.408 e. The summed E-state index contributed by atoms with van der Waals surface area (Å²) in [5, 5.41) is 9.80. The number of nitrogens with one attached hydrogen (secondary N) is 2. The molecule has 0 amide bonds. The van der Waals surface area contributed by atoms with Gasteiger partial charge in [0.05, 0.1) is 0 Å². The highest BCUT2D eigenvalue weighted by Gasteiger charge is 2.29. The van der Waals surface area contributed by atoms with Crippen LogP contribution < -0.4 is 10.5 Å². The third-order valence-corrected chi connectivity index (χ3v) is 3.88. The first kappa shape index (κ1) is 12.2. The van der Waals surface area contributed by atoms with E-state index < -0.39 is 0 Å². The predicted molar refractivity (Wildman–Crippen MR) is 85.8 cm³/mol. The van der Waals surface area contributed by atoms with Crippen molar-refractivity contribution in [2.45, 2.75) is 25.6 Å². The van der Waals surface area contributed by atoms with Gasteiger partial charge in [-0.05, 0) is 29.8 Å². The smallest absolute Gasteiger partial charge is 0.377 e. The van der Waals surface area contributed by atoms with E-state index in [2.05, 4.69) is 66.4 Å². The maximum absolute atomic E-state index is 3.98. The van der Waals surface area contributed by atoms with Crippen LogP contribution in [0.5, 0.6) is 0 Å². The Bertz CT molecular complexity index is 568. The van der Waals surface area contributed by atoms with Crippen LogP contribution in [0.2, 0.25) is 5.82 Å². The van der Waals surface area contributed by atoms with E-state index in [9.17, 15) is 0 Å². The molecule has 1 unspecified atom stereocenters. The Morgan fingerprint density at radius 3 is 2.32 bits per heavy atom. The summed E-state index contributed by atoms with van der Waals surface area (Å²) in [5.74, 6) is 0.439. The molecular formula is C16H19BN2. The maximum Gasteiger partial charge on any atom is 0.377 e. The zero-order valence-corrected chi connectivity index (χ0v) is 11.3. The van der Waals surface area contributed by atoms with Gasteiger partial charge in [0, 0.05) is 16.8 Å². The topological polar surface area (TPSA) is 24.1 Å². The molecule has 0 aliphatic carbocycles. The molecule has 1 aliphatic rings. The molecule has 3 heteroatoms. The van der Waals surface area contributed by atoms with Crippen molar-refractivity contribution in [2.24, 2.45) is 0 Å². The molecule has 0 spiro atoms. The fourth-order valence-electron chi connectivity index (χ4n) is 2.92. The zero-order chi connectivity index (χ0) is 13.2. The van der Waals surface area contributed by atoms with Gasteiger partial charge in [-0.25, -0.2) is 0 Å². The van der Waals surface area contributed by atoms with Gasteiger partial charge in [0.25, 0.3) is 0 Å². The highest BCUT2D eigenvalue weighted by Crippen LogP contribution is 2.36. The lowest BCUT2D eigenvalue weighted by Gasteiger charge is -2.30. The summed E-state index contributed by atoms with van der Waals surface area (Å²) in [6, 6.07) is 12.8. The maximum atomic E-state index is 3.98. The van der Waals surface area contributed by atoms with E-state index in [1.807, 2.05) is 0 Å². The van der Waals surface area contributed by atoms with Crippen molar-refractivity contribution in [1.82, 2.24) is 0 Å². The molecule has 96 valence electrons. The Morgan fingerprint density at radius 2 is 1.79 bits per heavy atom. The Labute approximate surface area is 115 Å². The van der Waals surface area contributed by atoms with Gasteiger partial charge in [-0.3, -0.25) is 0 Å². The number of anilines is 2. The highest BCUT2D eigenvalue weighted by molar-refractivity contribution is 6.69. The second-order valence-electron chi connectivity index (χ2n) is 5.16. The van der Waals surface area contributed by atoms with E-state index in [0.717, 1.165) is 6.42 Å². The average molecular weight is 250 g/mol. The normalized spacial score (nSPS) is 14.7. The second kappa shape index (κ2) is 5.00. The molecule has 1 atom stereocenters. The molecule has 0 saturated heterocycles. The third kappa shape index (κ3) is 2.10. The van der Waals surface area contributed by atoms with Crippen molar-refractivity contribution in [1.29, 1.82) is 0 Å². The summed E-state index contributed by atoms with van der Waals surface area (Å²) in [5.41, 5.74) is 2.44. The molecule has 2 aromatic carbocycles. The first-order valence-corrected chi connectivity index (χ1v) is 7.01. The van der Waals surface area contributed by atoms with E-state index in [1.165, 1.54) is 28.6 Å². The lowest BCUT2D eigenvalue weighted by Crippen LogP contribution is -2.40. The van der Waals surface area contributed by atoms with Crippen molar-refractivity contribution < 1.29 is 0 Å². The van der Waals surface area contributed by atoms with Crippen LogP contribution in [0, 0.1) is 0 Å². The largest absolute Gasteiger partial charge is 0.408 e. The van der Waals surface area contributed by atoms with Gasteiger partial charge < -0.3 is 10.5 Å². The lowest BCUT2D eigenvalue weighted by atomic mass is 9.59. The minimum absolute atomic E-state index is 0.234. The molecule has 0 radical (unpaired) electrons. The van der Waals surface area contributed by atoms with Gasteiger partial charge in [-0.2, -0.15) is 0 Å². The molecule has 2 nitrogen and oxygen atoms in total. The summed E-state index contributed by atoms with van der Waals surface area (Å²) >= 11 is 0. The summed E-state index contributed by atoms with van der Waals surface area (Å²) in [7, 11) is 0. The Hall–Kier alpha value is -1.90. The van der Waals surface area contributed by atoms with Gasteiger partial charge in [-0.15, -0.1) is 6.58 Å². The van der Waals surface area contributed by atoms with Crippen molar-refractivity contribution in [3.05, 3.63) is 49.1 Å². The van der Waals surface area contributed by atoms with E-state index >= 15 is 0 Å². The van der Waals surface area contributed by atoms with Crippen LogP contribution in [0.15, 0.2) is 49.1 Å². The quantitative estimate of drug-likeness (QED) is 0.615. The number of hydrogen-bond acceptors (Lipinski definition) is 2. The number of rotatable bonds is 4. The lowest BCUT2D eigenvalue weighted by molar-refractivity contribution is 0.800. The molecule has 0 aromatic heterocycles. The number of hydrogen-bond donors (Lipinski definition) is 2. The van der Waals surface area contributed by atoms with Crippen LogP contribution in [0.25, 0.3) is 10.8 Å². The second-order valence-corrected chi connectivity index (χ2v) is 5.16. The van der Waals surface area contributed by atoms with Gasteiger partial charge >= 0.3 is 6.98 Å². The van der Waals surface area contributed by atoms with E-state index in [-0.39, 0.29) is 6.98 Å². The number of allylic oxidation sites excluding steroid dienone is 1. The fourth-order valence-corrected chi connectivity index (χ4v) is 2.92. The Morgan fingerprint density at radius 1 is 1.16 bits per heavy atom. The standard InChI is InChI=1S/C16H19BN2/c1-3-7-13(4-2)17-18-14-10-5-8-12-9-6-11-15(19-17)16(12)14/h4-6,8-11,13,18-19H,2-3,7H2,1H3. The van der Waals surface area contributed by atoms with E-state index in [4.69, 9.17) is 0 Å². The van der Waals surface area contributed by atoms with Crippen LogP contribution in [0.4, 0.5) is 11.4 Å². The van der Waals surface area contributed by atoms with Crippen molar-refractivity contribution in [3.63, 3.8) is 0 Å². The SMILES string of the molecule is C=CC(CCC)B1Nc2cccc3cccc(c23)N1. The van der Waals surface area contributed by atoms with E-state index in [0.29, 0.717) is 5.82 Å². The van der Waals surface area contributed by atoms with Crippen LogP contribution in [0.1, 0.15) is 19.8 Å². The Balaban J connectivity index is 2.00. The van der Waals surface area contributed by atoms with Crippen molar-refractivity contribution in [2.75, 3.05) is 10.5 Å². The molecule has 3 rings (SSSR count). The summed E-state index contributed by atoms with van der Waals surface area (Å²) in [4.78, 5) is 0. The minimum atomic E-state index is 0.234. The van der Waals surface area contributed by atoms with Crippen LogP contribution in [0.3, 0.4) is 0 Å². The van der Waals surface area contributed by atoms with Crippen LogP contribution in [-0.2, 0) is 0 Å². The van der Waals surface area contributed by atoms with Crippen molar-refractivity contribution >= 4 is 29.1 Å². The molecule has 0 bridgehead atoms.